The molecule has 1 amide bonds. The van der Waals surface area contributed by atoms with Crippen molar-refractivity contribution in [2.24, 2.45) is 5.16 Å². The molecule has 7 nitrogen and oxygen atoms in total. The van der Waals surface area contributed by atoms with Gasteiger partial charge in [-0.05, 0) is 35.6 Å². The highest BCUT2D eigenvalue weighted by atomic mass is 32.2. The van der Waals surface area contributed by atoms with Gasteiger partial charge in [0.15, 0.2) is 0 Å². The topological polar surface area (TPSA) is 108 Å². The zero-order chi connectivity index (χ0) is 22.8. The fraction of sp³-hybridized carbons (Fsp3) is 0.391. The Bertz CT molecular complexity index is 882. The number of carbonyl (C=O) groups excluding carboxylic acids is 1. The van der Waals surface area contributed by atoms with Crippen molar-refractivity contribution in [1.82, 2.24) is 5.48 Å². The molecule has 0 saturated heterocycles. The van der Waals surface area contributed by atoms with Gasteiger partial charge >= 0.3 is 0 Å². The Morgan fingerprint density at radius 3 is 2.13 bits per heavy atom. The number of hydrogen-bond acceptors (Lipinski definition) is 6. The van der Waals surface area contributed by atoms with Crippen molar-refractivity contribution in [3.63, 3.8) is 0 Å². The number of hydroxylamine groups is 1. The van der Waals surface area contributed by atoms with E-state index in [1.807, 2.05) is 6.92 Å². The summed E-state index contributed by atoms with van der Waals surface area (Å²) in [5.41, 5.74) is 6.70. The maximum Gasteiger partial charge on any atom is 0.230 e. The molecule has 0 saturated carbocycles. The van der Waals surface area contributed by atoms with Crippen molar-refractivity contribution in [3.8, 4) is 11.1 Å². The number of oxime groups is 1. The summed E-state index contributed by atoms with van der Waals surface area (Å²) in [6.07, 6.45) is 3.79. The number of aliphatic hydroxyl groups excluding tert-OH is 1. The fourth-order valence-electron chi connectivity index (χ4n) is 3.26. The van der Waals surface area contributed by atoms with Crippen LogP contribution in [0.15, 0.2) is 53.7 Å². The van der Waals surface area contributed by atoms with Gasteiger partial charge in [-0.25, -0.2) is 5.48 Å². The van der Waals surface area contributed by atoms with Gasteiger partial charge in [0.05, 0.1) is 11.8 Å². The number of aliphatic hydroxyl groups is 1. The Morgan fingerprint density at radius 1 is 1.13 bits per heavy atom. The van der Waals surface area contributed by atoms with E-state index in [1.54, 1.807) is 13.2 Å². The maximum absolute atomic E-state index is 11.5. The van der Waals surface area contributed by atoms with Crippen LogP contribution in [-0.2, 0) is 26.9 Å². The number of rotatable bonds is 8. The van der Waals surface area contributed by atoms with Crippen molar-refractivity contribution in [3.05, 3.63) is 59.7 Å². The Labute approximate surface area is 185 Å². The smallest absolute Gasteiger partial charge is 0.230 e. The van der Waals surface area contributed by atoms with Gasteiger partial charge < -0.3 is 9.94 Å². The molecule has 0 spiro atoms. The van der Waals surface area contributed by atoms with Gasteiger partial charge in [-0.2, -0.15) is 0 Å². The van der Waals surface area contributed by atoms with Crippen LogP contribution in [0, 0.1) is 0 Å². The molecule has 2 aromatic carbocycles. The minimum atomic E-state index is -0.836. The predicted octanol–water partition coefficient (Wildman–Crippen LogP) is 3.05. The Kier molecular flexibility index (Phi) is 9.84. The van der Waals surface area contributed by atoms with Crippen molar-refractivity contribution in [1.29, 1.82) is 0 Å². The van der Waals surface area contributed by atoms with Crippen molar-refractivity contribution >= 4 is 22.9 Å². The molecule has 31 heavy (non-hydrogen) atoms. The third-order valence-corrected chi connectivity index (χ3v) is 6.31. The summed E-state index contributed by atoms with van der Waals surface area (Å²) in [5.74, 6) is 0. The third kappa shape index (κ3) is 7.90. The van der Waals surface area contributed by atoms with Gasteiger partial charge in [0.2, 0.25) is 6.41 Å². The lowest BCUT2D eigenvalue weighted by Gasteiger charge is -2.12. The number of amides is 1. The van der Waals surface area contributed by atoms with Gasteiger partial charge in [-0.3, -0.25) is 14.2 Å². The van der Waals surface area contributed by atoms with Crippen molar-refractivity contribution in [2.75, 3.05) is 6.26 Å². The van der Waals surface area contributed by atoms with E-state index in [0.717, 1.165) is 40.8 Å². The van der Waals surface area contributed by atoms with Gasteiger partial charge in [0, 0.05) is 35.1 Å². The van der Waals surface area contributed by atoms with Crippen LogP contribution in [0.5, 0.6) is 0 Å². The molecule has 0 fully saturated rings. The molecule has 0 aromatic heterocycles. The highest BCUT2D eigenvalue weighted by Crippen LogP contribution is 2.25. The zero-order valence-corrected chi connectivity index (χ0v) is 18.8. The largest absolute Gasteiger partial charge is 0.393 e. The lowest BCUT2D eigenvalue weighted by atomic mass is 9.98. The molecule has 1 aliphatic rings. The maximum atomic E-state index is 11.5. The molecule has 4 atom stereocenters. The molecular weight excluding hydrogens is 416 g/mol. The lowest BCUT2D eigenvalue weighted by molar-refractivity contribution is -0.116. The SMILES string of the molecule is CC(O)Cc1ccc(-c2ccc(C3=NOC(CC(C)S(C)=O)C3)cc2)cc1.O=CNO. The minimum absolute atomic E-state index is 0.0139. The number of benzene rings is 2. The number of hydrogen-bond donors (Lipinski definition) is 3. The quantitative estimate of drug-likeness (QED) is 0.328. The molecule has 3 N–H and O–H groups in total. The molecule has 1 aliphatic heterocycles. The van der Waals surface area contributed by atoms with E-state index < -0.39 is 10.8 Å². The Morgan fingerprint density at radius 2 is 1.65 bits per heavy atom. The standard InChI is InChI=1S/C22H27NO3S.CH3NO2/c1-15(24)12-17-4-6-18(7-5-17)19-8-10-20(11-9-19)22-14-21(26-23-22)13-16(2)27(3)25;3-1-2-4/h4-11,15-16,21,24H,12-14H2,1-3H3;1,4H,(H,2,3). The van der Waals surface area contributed by atoms with Gasteiger partial charge in [-0.15, -0.1) is 0 Å². The van der Waals surface area contributed by atoms with Crippen LogP contribution >= 0.6 is 0 Å². The fourth-order valence-corrected chi connectivity index (χ4v) is 3.75. The summed E-state index contributed by atoms with van der Waals surface area (Å²) < 4.78 is 11.5. The first-order chi connectivity index (χ1) is 14.8. The molecule has 4 unspecified atom stereocenters. The molecule has 168 valence electrons. The zero-order valence-electron chi connectivity index (χ0n) is 18.0. The summed E-state index contributed by atoms with van der Waals surface area (Å²) in [6.45, 7) is 3.79. The summed E-state index contributed by atoms with van der Waals surface area (Å²) >= 11 is 0. The van der Waals surface area contributed by atoms with E-state index in [0.29, 0.717) is 6.42 Å². The van der Waals surface area contributed by atoms with Crippen LogP contribution in [-0.4, -0.2) is 50.4 Å². The molecular formula is C23H30N2O5S. The average Bonchev–Trinajstić information content (AvgIpc) is 3.22. The first kappa shape index (κ1) is 24.7. The van der Waals surface area contributed by atoms with E-state index in [1.165, 1.54) is 5.48 Å². The van der Waals surface area contributed by atoms with E-state index in [9.17, 15) is 9.32 Å². The average molecular weight is 447 g/mol. The minimum Gasteiger partial charge on any atom is -0.393 e. The number of nitrogens with zero attached hydrogens (tertiary/aromatic N) is 1. The highest BCUT2D eigenvalue weighted by molar-refractivity contribution is 7.84. The second-order valence-corrected chi connectivity index (χ2v) is 9.39. The predicted molar refractivity (Wildman–Crippen MR) is 122 cm³/mol. The van der Waals surface area contributed by atoms with Crippen LogP contribution in [0.1, 0.15) is 37.8 Å². The molecule has 1 heterocycles. The Balaban J connectivity index is 0.000000785. The summed E-state index contributed by atoms with van der Waals surface area (Å²) in [7, 11) is -0.836. The molecule has 2 aromatic rings. The Hall–Kier alpha value is -2.55. The van der Waals surface area contributed by atoms with Crippen LogP contribution < -0.4 is 5.48 Å². The van der Waals surface area contributed by atoms with Gasteiger partial charge in [-0.1, -0.05) is 60.6 Å². The van der Waals surface area contributed by atoms with Crippen LogP contribution in [0.2, 0.25) is 0 Å². The van der Waals surface area contributed by atoms with Crippen LogP contribution in [0.4, 0.5) is 0 Å². The van der Waals surface area contributed by atoms with E-state index in [4.69, 9.17) is 14.8 Å². The summed E-state index contributed by atoms with van der Waals surface area (Å²) in [5, 5.41) is 21.1. The van der Waals surface area contributed by atoms with Gasteiger partial charge in [0.1, 0.15) is 6.10 Å². The monoisotopic (exact) mass is 446 g/mol. The number of carbonyl (C=O) groups is 1. The molecule has 3 rings (SSSR count). The van der Waals surface area contributed by atoms with Crippen molar-refractivity contribution < 1.29 is 24.2 Å². The highest BCUT2D eigenvalue weighted by Gasteiger charge is 2.25. The second kappa shape index (κ2) is 12.3. The van der Waals surface area contributed by atoms with Crippen molar-refractivity contribution in [2.45, 2.75) is 50.6 Å². The van der Waals surface area contributed by atoms with Crippen LogP contribution in [0.3, 0.4) is 0 Å². The number of nitrogens with one attached hydrogen (secondary N) is 1. The normalized spacial score (nSPS) is 18.0. The first-order valence-corrected chi connectivity index (χ1v) is 11.7. The second-order valence-electron chi connectivity index (χ2n) is 7.59. The third-order valence-electron chi connectivity index (χ3n) is 4.98. The van der Waals surface area contributed by atoms with Crippen LogP contribution in [0.25, 0.3) is 11.1 Å². The van der Waals surface area contributed by atoms with E-state index >= 15 is 0 Å². The first-order valence-electron chi connectivity index (χ1n) is 10.1. The molecule has 0 radical (unpaired) electrons. The molecule has 0 bridgehead atoms. The van der Waals surface area contributed by atoms with E-state index in [-0.39, 0.29) is 23.9 Å². The molecule has 0 aliphatic carbocycles. The summed E-state index contributed by atoms with van der Waals surface area (Å²) in [6, 6.07) is 16.6. The lowest BCUT2D eigenvalue weighted by Crippen LogP contribution is -2.19. The van der Waals surface area contributed by atoms with Gasteiger partial charge in [0.25, 0.3) is 0 Å². The summed E-state index contributed by atoms with van der Waals surface area (Å²) in [4.78, 5) is 14.3. The van der Waals surface area contributed by atoms with E-state index in [2.05, 4.69) is 53.7 Å². The molecule has 8 heteroatoms.